The minimum atomic E-state index is -4.07. The maximum absolute atomic E-state index is 12.0. The largest absolute Gasteiger partial charge is 0.507 e. The number of amides is 1. The van der Waals surface area contributed by atoms with Crippen LogP contribution in [0.25, 0.3) is 0 Å². The topological polar surface area (TPSA) is 133 Å². The summed E-state index contributed by atoms with van der Waals surface area (Å²) < 4.78 is 26.1. The molecule has 1 aromatic carbocycles. The first-order chi connectivity index (χ1) is 9.19. The number of rotatable bonds is 5. The molecular weight excluding hydrogens is 288 g/mol. The summed E-state index contributed by atoms with van der Waals surface area (Å²) in [5.74, 6) is -2.54. The van der Waals surface area contributed by atoms with Crippen LogP contribution in [0.15, 0.2) is 23.1 Å². The van der Waals surface area contributed by atoms with Gasteiger partial charge < -0.3 is 15.5 Å². The van der Waals surface area contributed by atoms with E-state index in [1.807, 2.05) is 0 Å². The summed E-state index contributed by atoms with van der Waals surface area (Å²) >= 11 is 0. The van der Waals surface area contributed by atoms with Crippen molar-refractivity contribution < 1.29 is 28.2 Å². The second kappa shape index (κ2) is 5.88. The minimum absolute atomic E-state index is 0.358. The molecular formula is C11H14N2O6S. The number of sulfonamides is 1. The first-order valence-electron chi connectivity index (χ1n) is 5.49. The van der Waals surface area contributed by atoms with E-state index in [4.69, 9.17) is 5.11 Å². The normalized spacial score (nSPS) is 12.7. The quantitative estimate of drug-likeness (QED) is 0.579. The van der Waals surface area contributed by atoms with Crippen molar-refractivity contribution in [3.63, 3.8) is 0 Å². The van der Waals surface area contributed by atoms with Crippen molar-refractivity contribution in [2.24, 2.45) is 0 Å². The van der Waals surface area contributed by atoms with E-state index in [9.17, 15) is 23.1 Å². The van der Waals surface area contributed by atoms with Crippen molar-refractivity contribution in [3.8, 4) is 5.75 Å². The number of hydrogen-bond acceptors (Lipinski definition) is 5. The molecule has 0 spiro atoms. The molecule has 20 heavy (non-hydrogen) atoms. The molecule has 0 aliphatic rings. The highest BCUT2D eigenvalue weighted by Crippen LogP contribution is 2.21. The van der Waals surface area contributed by atoms with Crippen LogP contribution in [0, 0.1) is 0 Å². The molecule has 0 aromatic heterocycles. The Morgan fingerprint density at radius 3 is 2.40 bits per heavy atom. The molecule has 1 aromatic rings. The third-order valence-electron chi connectivity index (χ3n) is 2.48. The number of carbonyl (C=O) groups is 2. The van der Waals surface area contributed by atoms with Crippen LogP contribution in [0.1, 0.15) is 17.3 Å². The zero-order valence-electron chi connectivity index (χ0n) is 10.7. The van der Waals surface area contributed by atoms with E-state index in [1.165, 1.54) is 14.0 Å². The molecule has 0 aliphatic heterocycles. The number of carbonyl (C=O) groups excluding carboxylic acids is 1. The summed E-state index contributed by atoms with van der Waals surface area (Å²) in [6, 6.07) is 1.80. The lowest BCUT2D eigenvalue weighted by atomic mass is 10.2. The Hall–Kier alpha value is -2.13. The molecule has 8 nitrogen and oxygen atoms in total. The van der Waals surface area contributed by atoms with Crippen molar-refractivity contribution in [1.82, 2.24) is 10.0 Å². The highest BCUT2D eigenvalue weighted by atomic mass is 32.2. The number of nitrogens with one attached hydrogen (secondary N) is 2. The Morgan fingerprint density at radius 1 is 1.30 bits per heavy atom. The van der Waals surface area contributed by atoms with Gasteiger partial charge in [0.25, 0.3) is 0 Å². The van der Waals surface area contributed by atoms with Gasteiger partial charge in [-0.2, -0.15) is 4.72 Å². The SMILES string of the molecule is CNC(=O)C(C)NS(=O)(=O)c1ccc(O)c(C(=O)O)c1. The van der Waals surface area contributed by atoms with Gasteiger partial charge in [0, 0.05) is 7.05 Å². The van der Waals surface area contributed by atoms with Crippen molar-refractivity contribution in [2.45, 2.75) is 17.9 Å². The van der Waals surface area contributed by atoms with Crippen molar-refractivity contribution >= 4 is 21.9 Å². The van der Waals surface area contributed by atoms with Gasteiger partial charge in [-0.1, -0.05) is 0 Å². The first kappa shape index (κ1) is 15.9. The predicted molar refractivity (Wildman–Crippen MR) is 68.9 cm³/mol. The molecule has 0 aliphatic carbocycles. The Morgan fingerprint density at radius 2 is 1.90 bits per heavy atom. The van der Waals surface area contributed by atoms with Crippen LogP contribution in [-0.4, -0.2) is 43.6 Å². The molecule has 0 fully saturated rings. The molecule has 9 heteroatoms. The van der Waals surface area contributed by atoms with Gasteiger partial charge in [-0.25, -0.2) is 13.2 Å². The molecule has 1 rings (SSSR count). The molecule has 4 N–H and O–H groups in total. The van der Waals surface area contributed by atoms with E-state index in [0.717, 1.165) is 18.2 Å². The summed E-state index contributed by atoms with van der Waals surface area (Å²) in [5, 5.41) is 20.4. The van der Waals surface area contributed by atoms with Crippen LogP contribution in [-0.2, 0) is 14.8 Å². The number of likely N-dealkylation sites (N-methyl/N-ethyl adjacent to an activating group) is 1. The monoisotopic (exact) mass is 302 g/mol. The Kier molecular flexibility index (Phi) is 4.69. The van der Waals surface area contributed by atoms with E-state index in [-0.39, 0.29) is 4.90 Å². The summed E-state index contributed by atoms with van der Waals surface area (Å²) in [6.07, 6.45) is 0. The average molecular weight is 302 g/mol. The van der Waals surface area contributed by atoms with E-state index in [1.54, 1.807) is 0 Å². The molecule has 0 bridgehead atoms. The summed E-state index contributed by atoms with van der Waals surface area (Å²) in [5.41, 5.74) is -0.541. The lowest BCUT2D eigenvalue weighted by molar-refractivity contribution is -0.121. The Bertz CT molecular complexity index is 640. The van der Waals surface area contributed by atoms with Gasteiger partial charge in [-0.3, -0.25) is 4.79 Å². The van der Waals surface area contributed by atoms with E-state index < -0.39 is 39.3 Å². The van der Waals surface area contributed by atoms with Crippen molar-refractivity contribution in [2.75, 3.05) is 7.05 Å². The summed E-state index contributed by atoms with van der Waals surface area (Å²) in [6.45, 7) is 1.34. The van der Waals surface area contributed by atoms with Gasteiger partial charge in [0.2, 0.25) is 15.9 Å². The standard InChI is InChI=1S/C11H14N2O6S/c1-6(10(15)12-2)13-20(18,19)7-3-4-9(14)8(5-7)11(16)17/h3-6,13-14H,1-2H3,(H,12,15)(H,16,17). The maximum atomic E-state index is 12.0. The van der Waals surface area contributed by atoms with Crippen LogP contribution in [0.4, 0.5) is 0 Å². The number of phenols is 1. The maximum Gasteiger partial charge on any atom is 0.339 e. The van der Waals surface area contributed by atoms with Crippen LogP contribution in [0.5, 0.6) is 5.75 Å². The van der Waals surface area contributed by atoms with Crippen LogP contribution >= 0.6 is 0 Å². The zero-order chi connectivity index (χ0) is 15.5. The van der Waals surface area contributed by atoms with Crippen molar-refractivity contribution in [1.29, 1.82) is 0 Å². The molecule has 1 unspecified atom stereocenters. The highest BCUT2D eigenvalue weighted by Gasteiger charge is 2.23. The Labute approximate surface area is 115 Å². The van der Waals surface area contributed by atoms with E-state index in [0.29, 0.717) is 0 Å². The van der Waals surface area contributed by atoms with Crippen LogP contribution in [0.3, 0.4) is 0 Å². The highest BCUT2D eigenvalue weighted by molar-refractivity contribution is 7.89. The molecule has 0 saturated carbocycles. The van der Waals surface area contributed by atoms with Crippen LogP contribution in [0.2, 0.25) is 0 Å². The molecule has 0 heterocycles. The van der Waals surface area contributed by atoms with Gasteiger partial charge in [0.1, 0.15) is 11.3 Å². The number of carboxylic acid groups (broad SMARTS) is 1. The summed E-state index contributed by atoms with van der Waals surface area (Å²) in [7, 11) is -2.72. The predicted octanol–water partition coefficient (Wildman–Crippen LogP) is -0.497. The third-order valence-corrected chi connectivity index (χ3v) is 4.02. The van der Waals surface area contributed by atoms with Gasteiger partial charge >= 0.3 is 5.97 Å². The second-order valence-corrected chi connectivity index (χ2v) is 5.66. The number of carboxylic acids is 1. The fourth-order valence-corrected chi connectivity index (χ4v) is 2.65. The molecule has 0 radical (unpaired) electrons. The molecule has 1 atom stereocenters. The fourth-order valence-electron chi connectivity index (χ4n) is 1.42. The number of benzene rings is 1. The Balaban J connectivity index is 3.13. The first-order valence-corrected chi connectivity index (χ1v) is 6.97. The van der Waals surface area contributed by atoms with Crippen molar-refractivity contribution in [3.05, 3.63) is 23.8 Å². The van der Waals surface area contributed by atoms with Gasteiger partial charge in [-0.05, 0) is 25.1 Å². The fraction of sp³-hybridized carbons (Fsp3) is 0.273. The molecule has 110 valence electrons. The van der Waals surface area contributed by atoms with Gasteiger partial charge in [0.05, 0.1) is 10.9 Å². The lowest BCUT2D eigenvalue weighted by Crippen LogP contribution is -2.43. The third kappa shape index (κ3) is 3.45. The van der Waals surface area contributed by atoms with E-state index >= 15 is 0 Å². The second-order valence-electron chi connectivity index (χ2n) is 3.94. The number of aromatic hydroxyl groups is 1. The molecule has 1 amide bonds. The lowest BCUT2D eigenvalue weighted by Gasteiger charge is -2.13. The zero-order valence-corrected chi connectivity index (χ0v) is 11.6. The van der Waals surface area contributed by atoms with Gasteiger partial charge in [0.15, 0.2) is 0 Å². The number of hydrogen-bond donors (Lipinski definition) is 4. The van der Waals surface area contributed by atoms with Crippen LogP contribution < -0.4 is 10.0 Å². The smallest absolute Gasteiger partial charge is 0.339 e. The minimum Gasteiger partial charge on any atom is -0.507 e. The number of aromatic carboxylic acids is 1. The van der Waals surface area contributed by atoms with Gasteiger partial charge in [-0.15, -0.1) is 0 Å². The summed E-state index contributed by atoms with van der Waals surface area (Å²) in [4.78, 5) is 21.8. The van der Waals surface area contributed by atoms with E-state index in [2.05, 4.69) is 10.0 Å². The molecule has 0 saturated heterocycles. The average Bonchev–Trinajstić information content (AvgIpc) is 2.36.